The Morgan fingerprint density at radius 1 is 1.15 bits per heavy atom. The zero-order valence-corrected chi connectivity index (χ0v) is 24.3. The molecule has 3 heterocycles. The van der Waals surface area contributed by atoms with Crippen molar-refractivity contribution in [1.82, 2.24) is 9.62 Å². The number of ether oxygens (including phenoxy) is 3. The number of nitrogens with one attached hydrogen (secondary N) is 1. The topological polar surface area (TPSA) is 114 Å². The molecule has 2 N–H and O–H groups in total. The van der Waals surface area contributed by atoms with E-state index >= 15 is 0 Å². The van der Waals surface area contributed by atoms with Crippen LogP contribution in [0.3, 0.4) is 0 Å². The second kappa shape index (κ2) is 12.5. The minimum absolute atomic E-state index is 0.0156. The number of rotatable bonds is 11. The fourth-order valence-corrected chi connectivity index (χ4v) is 7.83. The Balaban J connectivity index is 1.34. The number of hydrogen-bond acceptors (Lipinski definition) is 8. The van der Waals surface area contributed by atoms with Gasteiger partial charge < -0.3 is 24.6 Å². The third kappa shape index (κ3) is 6.67. The summed E-state index contributed by atoms with van der Waals surface area (Å²) >= 11 is 1.48. The molecule has 0 unspecified atom stereocenters. The maximum absolute atomic E-state index is 13.8. The fourth-order valence-electron chi connectivity index (χ4n) is 5.28. The van der Waals surface area contributed by atoms with Gasteiger partial charge in [-0.3, -0.25) is 0 Å². The van der Waals surface area contributed by atoms with Gasteiger partial charge in [0.1, 0.15) is 6.10 Å². The summed E-state index contributed by atoms with van der Waals surface area (Å²) in [5, 5.41) is 17.2. The first-order valence-corrected chi connectivity index (χ1v) is 15.9. The van der Waals surface area contributed by atoms with Crippen molar-refractivity contribution in [3.63, 3.8) is 0 Å². The maximum Gasteiger partial charge on any atom is 0.407 e. The van der Waals surface area contributed by atoms with Crippen LogP contribution in [0, 0.1) is 11.8 Å². The van der Waals surface area contributed by atoms with Crippen molar-refractivity contribution in [2.75, 3.05) is 26.3 Å². The second-order valence-electron chi connectivity index (χ2n) is 10.8. The Morgan fingerprint density at radius 2 is 1.95 bits per heavy atom. The quantitative estimate of drug-likeness (QED) is 0.348. The number of thiophene rings is 1. The van der Waals surface area contributed by atoms with Crippen molar-refractivity contribution in [2.45, 2.75) is 56.1 Å². The molecule has 2 aliphatic rings. The fraction of sp³-hybridized carbons (Fsp3) is 0.483. The number of nitrogens with zero attached hydrogens (tertiary/aromatic N) is 1. The Morgan fingerprint density at radius 3 is 2.73 bits per heavy atom. The summed E-state index contributed by atoms with van der Waals surface area (Å²) in [6.45, 7) is 4.70. The van der Waals surface area contributed by atoms with Crippen molar-refractivity contribution in [2.24, 2.45) is 11.8 Å². The molecule has 0 aliphatic carbocycles. The molecule has 9 nitrogen and oxygen atoms in total. The lowest BCUT2D eigenvalue weighted by atomic mass is 10.0. The molecule has 2 aliphatic heterocycles. The third-order valence-corrected chi connectivity index (χ3v) is 10.0. The highest BCUT2D eigenvalue weighted by molar-refractivity contribution is 7.89. The number of alkyl carbamates (subject to hydrolysis) is 1. The van der Waals surface area contributed by atoms with E-state index in [9.17, 15) is 18.3 Å². The minimum Gasteiger partial charge on any atom is -0.443 e. The van der Waals surface area contributed by atoms with E-state index in [1.807, 2.05) is 55.6 Å². The van der Waals surface area contributed by atoms with Gasteiger partial charge in [-0.2, -0.15) is 4.31 Å². The van der Waals surface area contributed by atoms with Crippen molar-refractivity contribution in [3.8, 4) is 0 Å². The van der Waals surface area contributed by atoms with Crippen LogP contribution in [0.2, 0.25) is 0 Å². The van der Waals surface area contributed by atoms with Crippen LogP contribution in [0.4, 0.5) is 4.79 Å². The van der Waals surface area contributed by atoms with Crippen molar-refractivity contribution < 1.29 is 32.5 Å². The van der Waals surface area contributed by atoms with Gasteiger partial charge in [0.15, 0.2) is 6.29 Å². The lowest BCUT2D eigenvalue weighted by Gasteiger charge is -2.31. The first kappa shape index (κ1) is 29.0. The molecule has 40 heavy (non-hydrogen) atoms. The van der Waals surface area contributed by atoms with Crippen molar-refractivity contribution in [3.05, 3.63) is 65.5 Å². The highest BCUT2D eigenvalue weighted by Crippen LogP contribution is 2.33. The van der Waals surface area contributed by atoms with Crippen LogP contribution < -0.4 is 5.32 Å². The Bertz CT molecular complexity index is 1400. The van der Waals surface area contributed by atoms with Crippen molar-refractivity contribution >= 4 is 37.5 Å². The minimum atomic E-state index is -3.92. The molecule has 2 aromatic carbocycles. The lowest BCUT2D eigenvalue weighted by molar-refractivity contribution is -0.0907. The summed E-state index contributed by atoms with van der Waals surface area (Å²) in [6, 6.07) is 15.7. The van der Waals surface area contributed by atoms with Gasteiger partial charge in [-0.05, 0) is 53.3 Å². The van der Waals surface area contributed by atoms with E-state index in [1.54, 1.807) is 18.2 Å². The molecular formula is C29H36N2O7S2. The molecule has 1 amide bonds. The van der Waals surface area contributed by atoms with Gasteiger partial charge in [-0.15, -0.1) is 11.3 Å². The summed E-state index contributed by atoms with van der Waals surface area (Å²) in [5.74, 6) is -0.00232. The summed E-state index contributed by atoms with van der Waals surface area (Å²) < 4.78 is 46.6. The summed E-state index contributed by atoms with van der Waals surface area (Å²) in [7, 11) is -3.92. The highest BCUT2D eigenvalue weighted by Gasteiger charge is 2.44. The molecule has 1 aromatic heterocycles. The molecule has 5 rings (SSSR count). The average molecular weight is 589 g/mol. The predicted molar refractivity (Wildman–Crippen MR) is 153 cm³/mol. The van der Waals surface area contributed by atoms with Crippen molar-refractivity contribution in [1.29, 1.82) is 0 Å². The van der Waals surface area contributed by atoms with Crippen LogP contribution in [0.5, 0.6) is 0 Å². The van der Waals surface area contributed by atoms with E-state index in [2.05, 4.69) is 5.32 Å². The van der Waals surface area contributed by atoms with Gasteiger partial charge in [0.2, 0.25) is 10.0 Å². The Labute approximate surface area is 239 Å². The number of carbonyl (C=O) groups is 1. The molecule has 11 heteroatoms. The summed E-state index contributed by atoms with van der Waals surface area (Å²) in [4.78, 5) is 13.2. The van der Waals surface area contributed by atoms with Gasteiger partial charge in [-0.25, -0.2) is 13.2 Å². The van der Waals surface area contributed by atoms with Crippen LogP contribution >= 0.6 is 11.3 Å². The molecule has 216 valence electrons. The van der Waals surface area contributed by atoms with Crippen LogP contribution in [0.15, 0.2) is 64.9 Å². The summed E-state index contributed by atoms with van der Waals surface area (Å²) in [6.07, 6.45) is -1.63. The molecule has 0 spiro atoms. The Kier molecular flexibility index (Phi) is 9.08. The number of benzene rings is 2. The van der Waals surface area contributed by atoms with Gasteiger partial charge in [-0.1, -0.05) is 50.2 Å². The SMILES string of the molecule is CC(C)CN(C[C@@H](O)[C@H](Cc1ccccc1)NC(=O)O[C@H]1CO[C@H]2OCC[C@H]21)S(=O)(=O)c1ccc2ccsc2c1. The van der Waals surface area contributed by atoms with E-state index in [0.29, 0.717) is 13.0 Å². The maximum atomic E-state index is 13.8. The standard InChI is InChI=1S/C29H36N2O7S2/c1-19(2)16-31(40(34,35)22-9-8-21-11-13-39-27(21)15-22)17-25(32)24(14-20-6-4-3-5-7-20)30-29(33)38-26-18-37-28-23(26)10-12-36-28/h3-9,11,13,15,19,23-26,28,32H,10,12,14,16-18H2,1-2H3,(H,30,33)/t23-,24-,25+,26-,28+/m0/s1. The van der Waals surface area contributed by atoms with Gasteiger partial charge in [0.05, 0.1) is 36.2 Å². The van der Waals surface area contributed by atoms with E-state index < -0.39 is 34.4 Å². The molecule has 0 bridgehead atoms. The first-order chi connectivity index (χ1) is 19.2. The second-order valence-corrected chi connectivity index (χ2v) is 13.7. The van der Waals surface area contributed by atoms with E-state index in [-0.39, 0.29) is 42.7 Å². The number of fused-ring (bicyclic) bond motifs is 2. The molecule has 3 aromatic rings. The van der Waals surface area contributed by atoms with Crippen LogP contribution in [0.1, 0.15) is 25.8 Å². The smallest absolute Gasteiger partial charge is 0.407 e. The number of aliphatic hydroxyl groups excluding tert-OH is 1. The van der Waals surface area contributed by atoms with Gasteiger partial charge >= 0.3 is 6.09 Å². The van der Waals surface area contributed by atoms with E-state index in [0.717, 1.165) is 22.1 Å². The highest BCUT2D eigenvalue weighted by atomic mass is 32.2. The predicted octanol–water partition coefficient (Wildman–Crippen LogP) is 4.01. The molecule has 0 saturated carbocycles. The van der Waals surface area contributed by atoms with Crippen LogP contribution in [-0.2, 0) is 30.7 Å². The zero-order valence-electron chi connectivity index (χ0n) is 22.6. The number of amides is 1. The van der Waals surface area contributed by atoms with Gasteiger partial charge in [0, 0.05) is 17.8 Å². The molecule has 5 atom stereocenters. The third-order valence-electron chi connectivity index (χ3n) is 7.33. The molecular weight excluding hydrogens is 552 g/mol. The molecule has 2 saturated heterocycles. The van der Waals surface area contributed by atoms with Crippen LogP contribution in [-0.4, -0.2) is 74.8 Å². The monoisotopic (exact) mass is 588 g/mol. The average Bonchev–Trinajstić information content (AvgIpc) is 3.66. The number of hydrogen-bond donors (Lipinski definition) is 2. The van der Waals surface area contributed by atoms with Gasteiger partial charge in [0.25, 0.3) is 0 Å². The molecule has 2 fully saturated rings. The summed E-state index contributed by atoms with van der Waals surface area (Å²) in [5.41, 5.74) is 0.890. The first-order valence-electron chi connectivity index (χ1n) is 13.6. The normalized spacial score (nSPS) is 22.5. The Hall–Kier alpha value is -2.54. The number of sulfonamides is 1. The zero-order chi connectivity index (χ0) is 28.3. The number of carbonyl (C=O) groups excluding carboxylic acids is 1. The number of aliphatic hydroxyl groups is 1. The molecule has 0 radical (unpaired) electrons. The van der Waals surface area contributed by atoms with Crippen LogP contribution in [0.25, 0.3) is 10.1 Å². The lowest BCUT2D eigenvalue weighted by Crippen LogP contribution is -2.51. The largest absolute Gasteiger partial charge is 0.443 e. The van der Waals surface area contributed by atoms with E-state index in [1.165, 1.54) is 15.6 Å². The van der Waals surface area contributed by atoms with E-state index in [4.69, 9.17) is 14.2 Å².